The van der Waals surface area contributed by atoms with Crippen molar-refractivity contribution in [2.75, 3.05) is 13.4 Å². The summed E-state index contributed by atoms with van der Waals surface area (Å²) in [4.78, 5) is 6.03. The Morgan fingerprint density at radius 2 is 1.88 bits per heavy atom. The van der Waals surface area contributed by atoms with Crippen LogP contribution in [0.25, 0.3) is 16.9 Å². The number of aromatic nitrogens is 2. The van der Waals surface area contributed by atoms with Crippen LogP contribution >= 0.6 is 11.8 Å². The van der Waals surface area contributed by atoms with Crippen molar-refractivity contribution < 1.29 is 13.2 Å². The van der Waals surface area contributed by atoms with Crippen LogP contribution < -0.4 is 4.74 Å². The van der Waals surface area contributed by atoms with Crippen LogP contribution in [0, 0.1) is 6.92 Å². The molecule has 0 amide bonds. The van der Waals surface area contributed by atoms with Gasteiger partial charge in [0.1, 0.15) is 11.6 Å². The van der Waals surface area contributed by atoms with Crippen molar-refractivity contribution in [3.05, 3.63) is 54.0 Å². The molecule has 0 saturated carbocycles. The maximum Gasteiger partial charge on any atom is 0.175 e. The molecule has 0 aliphatic carbocycles. The van der Waals surface area contributed by atoms with E-state index < -0.39 is 9.84 Å². The molecule has 1 aliphatic rings. The second kappa shape index (κ2) is 6.17. The number of sulfone groups is 1. The first-order valence-electron chi connectivity index (χ1n) is 8.08. The molecule has 0 unspecified atom stereocenters. The fourth-order valence-corrected chi connectivity index (χ4v) is 4.92. The monoisotopic (exact) mass is 386 g/mol. The molecule has 0 fully saturated rings. The van der Waals surface area contributed by atoms with Gasteiger partial charge in [-0.1, -0.05) is 0 Å². The second-order valence-electron chi connectivity index (χ2n) is 6.22. The Balaban J connectivity index is 1.90. The molecule has 0 saturated heterocycles. The zero-order chi connectivity index (χ0) is 18.5. The number of hydrogen-bond acceptors (Lipinski definition) is 5. The van der Waals surface area contributed by atoms with Crippen molar-refractivity contribution in [1.29, 1.82) is 0 Å². The predicted molar refractivity (Wildman–Crippen MR) is 103 cm³/mol. The van der Waals surface area contributed by atoms with E-state index in [1.54, 1.807) is 31.0 Å². The van der Waals surface area contributed by atoms with Gasteiger partial charge in [0.2, 0.25) is 0 Å². The molecule has 1 aliphatic heterocycles. The molecule has 0 N–H and O–H groups in total. The molecule has 0 bridgehead atoms. The lowest BCUT2D eigenvalue weighted by molar-refractivity contribution is 0.415. The molecule has 0 atom stereocenters. The average molecular weight is 386 g/mol. The summed E-state index contributed by atoms with van der Waals surface area (Å²) in [7, 11) is -1.58. The highest BCUT2D eigenvalue weighted by Gasteiger charge is 2.24. The zero-order valence-electron chi connectivity index (χ0n) is 14.7. The number of hydrogen-bond donors (Lipinski definition) is 0. The Kier molecular flexibility index (Phi) is 4.08. The Morgan fingerprint density at radius 1 is 1.15 bits per heavy atom. The van der Waals surface area contributed by atoms with Gasteiger partial charge in [-0.25, -0.2) is 13.4 Å². The summed E-state index contributed by atoms with van der Waals surface area (Å²) in [5, 5.41) is 0. The number of benzene rings is 2. The molecule has 4 rings (SSSR count). The quantitative estimate of drug-likeness (QED) is 0.684. The van der Waals surface area contributed by atoms with Crippen molar-refractivity contribution in [2.45, 2.75) is 22.5 Å². The number of imidazole rings is 1. The van der Waals surface area contributed by atoms with Crippen LogP contribution in [-0.4, -0.2) is 31.3 Å². The van der Waals surface area contributed by atoms with Gasteiger partial charge in [0.05, 0.1) is 34.8 Å². The maximum absolute atomic E-state index is 11.9. The van der Waals surface area contributed by atoms with Gasteiger partial charge in [-0.15, -0.1) is 11.8 Å². The van der Waals surface area contributed by atoms with E-state index in [1.165, 1.54) is 6.26 Å². The highest BCUT2D eigenvalue weighted by atomic mass is 32.2. The summed E-state index contributed by atoms with van der Waals surface area (Å²) in [6, 6.07) is 13.2. The third-order valence-electron chi connectivity index (χ3n) is 4.44. The molecule has 26 heavy (non-hydrogen) atoms. The Labute approximate surface area is 157 Å². The molecule has 7 heteroatoms. The van der Waals surface area contributed by atoms with Crippen molar-refractivity contribution in [3.63, 3.8) is 0 Å². The Hall–Kier alpha value is -2.25. The molecule has 0 radical (unpaired) electrons. The summed E-state index contributed by atoms with van der Waals surface area (Å²) in [5.41, 5.74) is 3.99. The first-order chi connectivity index (χ1) is 12.4. The smallest absolute Gasteiger partial charge is 0.175 e. The summed E-state index contributed by atoms with van der Waals surface area (Å²) in [5.74, 6) is 2.48. The Morgan fingerprint density at radius 3 is 2.54 bits per heavy atom. The van der Waals surface area contributed by atoms with Crippen LogP contribution in [-0.2, 0) is 15.6 Å². The van der Waals surface area contributed by atoms with Gasteiger partial charge in [-0.05, 0) is 49.4 Å². The number of methoxy groups -OCH3 is 1. The normalized spacial score (nSPS) is 13.2. The SMILES string of the molecule is COc1ccc(-c2c(C)nc3n2-c2ccc(S(C)(=O)=O)cc2SC3)cc1. The highest BCUT2D eigenvalue weighted by Crippen LogP contribution is 2.40. The number of aryl methyl sites for hydroxylation is 1. The number of nitrogens with zero attached hydrogens (tertiary/aromatic N) is 2. The lowest BCUT2D eigenvalue weighted by atomic mass is 10.1. The summed E-state index contributed by atoms with van der Waals surface area (Å²) in [6.45, 7) is 2.00. The molecule has 134 valence electrons. The molecule has 0 spiro atoms. The molecular weight excluding hydrogens is 368 g/mol. The van der Waals surface area contributed by atoms with Crippen molar-refractivity contribution in [1.82, 2.24) is 9.55 Å². The van der Waals surface area contributed by atoms with Gasteiger partial charge in [0.25, 0.3) is 0 Å². The first kappa shape index (κ1) is 17.2. The number of rotatable bonds is 3. The molecule has 2 heterocycles. The van der Waals surface area contributed by atoms with Gasteiger partial charge >= 0.3 is 0 Å². The zero-order valence-corrected chi connectivity index (χ0v) is 16.3. The fourth-order valence-electron chi connectivity index (χ4n) is 3.20. The maximum atomic E-state index is 11.9. The van der Waals surface area contributed by atoms with Crippen LogP contribution in [0.5, 0.6) is 5.75 Å². The fraction of sp³-hybridized carbons (Fsp3) is 0.211. The van der Waals surface area contributed by atoms with Crippen LogP contribution in [0.3, 0.4) is 0 Å². The number of ether oxygens (including phenoxy) is 1. The minimum absolute atomic E-state index is 0.343. The predicted octanol–water partition coefficient (Wildman–Crippen LogP) is 3.87. The third-order valence-corrected chi connectivity index (χ3v) is 6.59. The minimum Gasteiger partial charge on any atom is -0.497 e. The third kappa shape index (κ3) is 2.81. The first-order valence-corrected chi connectivity index (χ1v) is 11.0. The van der Waals surface area contributed by atoms with E-state index in [0.29, 0.717) is 10.6 Å². The van der Waals surface area contributed by atoms with Crippen molar-refractivity contribution >= 4 is 21.6 Å². The van der Waals surface area contributed by atoms with Gasteiger partial charge in [0.15, 0.2) is 9.84 Å². The van der Waals surface area contributed by atoms with E-state index in [1.807, 2.05) is 37.3 Å². The van der Waals surface area contributed by atoms with Crippen LogP contribution in [0.1, 0.15) is 11.5 Å². The lowest BCUT2D eigenvalue weighted by Gasteiger charge is -2.21. The summed E-state index contributed by atoms with van der Waals surface area (Å²) in [6.07, 6.45) is 1.23. The molecule has 2 aromatic carbocycles. The van der Waals surface area contributed by atoms with Gasteiger partial charge in [-0.3, -0.25) is 4.57 Å². The number of thioether (sulfide) groups is 1. The second-order valence-corrected chi connectivity index (χ2v) is 9.25. The van der Waals surface area contributed by atoms with Crippen LogP contribution in [0.15, 0.2) is 52.3 Å². The Bertz CT molecular complexity index is 1100. The van der Waals surface area contributed by atoms with Gasteiger partial charge in [-0.2, -0.15) is 0 Å². The van der Waals surface area contributed by atoms with Crippen LogP contribution in [0.4, 0.5) is 0 Å². The van der Waals surface area contributed by atoms with Crippen molar-refractivity contribution in [2.24, 2.45) is 0 Å². The minimum atomic E-state index is -3.23. The topological polar surface area (TPSA) is 61.2 Å². The van der Waals surface area contributed by atoms with E-state index >= 15 is 0 Å². The van der Waals surface area contributed by atoms with Crippen molar-refractivity contribution in [3.8, 4) is 22.7 Å². The van der Waals surface area contributed by atoms with E-state index in [2.05, 4.69) is 4.57 Å². The molecular formula is C19H18N2O3S2. The summed E-state index contributed by atoms with van der Waals surface area (Å²) < 4.78 is 31.1. The highest BCUT2D eigenvalue weighted by molar-refractivity contribution is 7.98. The molecule has 1 aromatic heterocycles. The van der Waals surface area contributed by atoms with E-state index in [-0.39, 0.29) is 0 Å². The molecule has 5 nitrogen and oxygen atoms in total. The van der Waals surface area contributed by atoms with E-state index in [4.69, 9.17) is 9.72 Å². The number of fused-ring (bicyclic) bond motifs is 3. The molecule has 3 aromatic rings. The van der Waals surface area contributed by atoms with E-state index in [0.717, 1.165) is 39.1 Å². The van der Waals surface area contributed by atoms with E-state index in [9.17, 15) is 8.42 Å². The largest absolute Gasteiger partial charge is 0.497 e. The average Bonchev–Trinajstić information content (AvgIpc) is 2.97. The van der Waals surface area contributed by atoms with Gasteiger partial charge < -0.3 is 4.74 Å². The standard InChI is InChI=1S/C19H18N2O3S2/c1-12-19(13-4-6-14(24-2)7-5-13)21-16-9-8-15(26(3,22)23)10-17(16)25-11-18(21)20-12/h4-10H,11H2,1-3H3. The van der Waals surface area contributed by atoms with Crippen LogP contribution in [0.2, 0.25) is 0 Å². The van der Waals surface area contributed by atoms with Gasteiger partial charge in [0, 0.05) is 16.7 Å². The summed E-state index contributed by atoms with van der Waals surface area (Å²) >= 11 is 1.62. The lowest BCUT2D eigenvalue weighted by Crippen LogP contribution is -2.09.